The molecule has 0 aliphatic heterocycles. The summed E-state index contributed by atoms with van der Waals surface area (Å²) in [6.07, 6.45) is 89.1. The Labute approximate surface area is 524 Å². The van der Waals surface area contributed by atoms with E-state index >= 15 is 0 Å². The fraction of sp³-hybridized carbons (Fsp3) is 0.724. The van der Waals surface area contributed by atoms with Crippen molar-refractivity contribution in [2.24, 2.45) is 0 Å². The Balaban J connectivity index is 4.15. The van der Waals surface area contributed by atoms with Gasteiger partial charge in [0.15, 0.2) is 6.10 Å². The van der Waals surface area contributed by atoms with Crippen molar-refractivity contribution in [3.05, 3.63) is 109 Å². The zero-order valence-corrected chi connectivity index (χ0v) is 55.7. The van der Waals surface area contributed by atoms with Gasteiger partial charge in [-0.15, -0.1) is 0 Å². The Morgan fingerprint density at radius 2 is 0.671 bits per heavy atom. The Morgan fingerprint density at radius 3 is 1.00 bits per heavy atom. The number of nitrogens with zero attached hydrogens (tertiary/aromatic N) is 1. The number of carbonyl (C=O) groups is 3. The SMILES string of the molecule is CC/C=C\C/C=C\C/C=C\C/C=C\C/C=C\C/C=C\C/C=C\CCCCCCCCCC(=O)OC(COC(=O)CCCCCCCCCCCCCCCCCCCCC/C=C\C/C=C\CCCCCCC)COC(OCC[N+](C)(C)C)C(=O)O. The number of rotatable bonds is 64. The third-order valence-corrected chi connectivity index (χ3v) is 15.0. The molecule has 0 saturated carbocycles. The Kier molecular flexibility index (Phi) is 62.8. The lowest BCUT2D eigenvalue weighted by Gasteiger charge is -2.25. The number of carboxylic acids is 1. The van der Waals surface area contributed by atoms with E-state index in [-0.39, 0.29) is 32.2 Å². The maximum absolute atomic E-state index is 12.9. The van der Waals surface area contributed by atoms with Gasteiger partial charge in [-0.25, -0.2) is 4.79 Å². The van der Waals surface area contributed by atoms with E-state index < -0.39 is 24.3 Å². The Bertz CT molecular complexity index is 1760. The van der Waals surface area contributed by atoms with Crippen LogP contribution >= 0.6 is 0 Å². The van der Waals surface area contributed by atoms with Gasteiger partial charge < -0.3 is 28.5 Å². The van der Waals surface area contributed by atoms with Crippen LogP contribution in [0.25, 0.3) is 0 Å². The van der Waals surface area contributed by atoms with Crippen LogP contribution in [0, 0.1) is 0 Å². The van der Waals surface area contributed by atoms with E-state index in [1.807, 2.05) is 21.1 Å². The molecule has 0 aliphatic rings. The van der Waals surface area contributed by atoms with E-state index in [9.17, 15) is 19.5 Å². The van der Waals surface area contributed by atoms with E-state index in [1.165, 1.54) is 167 Å². The summed E-state index contributed by atoms with van der Waals surface area (Å²) in [6.45, 7) is 4.76. The minimum absolute atomic E-state index is 0.181. The number of likely N-dealkylation sites (N-methyl/N-ethyl adjacent to an activating group) is 1. The minimum atomic E-state index is -1.52. The fourth-order valence-electron chi connectivity index (χ4n) is 9.67. The molecule has 0 aromatic heterocycles. The number of ether oxygens (including phenoxy) is 4. The van der Waals surface area contributed by atoms with E-state index in [2.05, 4.69) is 123 Å². The van der Waals surface area contributed by atoms with Gasteiger partial charge in [-0.3, -0.25) is 9.59 Å². The quantitative estimate of drug-likeness (QED) is 0.0211. The van der Waals surface area contributed by atoms with Crippen molar-refractivity contribution < 1.29 is 42.9 Å². The number of carbonyl (C=O) groups excluding carboxylic acids is 2. The molecule has 0 aromatic carbocycles. The predicted molar refractivity (Wildman–Crippen MR) is 364 cm³/mol. The van der Waals surface area contributed by atoms with Gasteiger partial charge in [0, 0.05) is 12.8 Å². The lowest BCUT2D eigenvalue weighted by atomic mass is 10.0. The van der Waals surface area contributed by atoms with E-state index in [1.54, 1.807) is 0 Å². The molecule has 0 bridgehead atoms. The summed E-state index contributed by atoms with van der Waals surface area (Å²) in [7, 11) is 5.97. The molecule has 2 unspecified atom stereocenters. The van der Waals surface area contributed by atoms with Crippen LogP contribution in [0.5, 0.6) is 0 Å². The Morgan fingerprint density at radius 1 is 0.365 bits per heavy atom. The van der Waals surface area contributed by atoms with Crippen molar-refractivity contribution in [3.63, 3.8) is 0 Å². The van der Waals surface area contributed by atoms with Gasteiger partial charge in [0.2, 0.25) is 0 Å². The van der Waals surface area contributed by atoms with Crippen LogP contribution in [0.4, 0.5) is 0 Å². The van der Waals surface area contributed by atoms with Crippen molar-refractivity contribution in [3.8, 4) is 0 Å². The van der Waals surface area contributed by atoms with Gasteiger partial charge in [0.05, 0.1) is 34.4 Å². The summed E-state index contributed by atoms with van der Waals surface area (Å²) in [6, 6.07) is 0. The molecule has 9 nitrogen and oxygen atoms in total. The first-order chi connectivity index (χ1) is 41.6. The molecule has 0 aromatic rings. The molecule has 0 heterocycles. The van der Waals surface area contributed by atoms with Crippen LogP contribution in [0.2, 0.25) is 0 Å². The third-order valence-electron chi connectivity index (χ3n) is 15.0. The number of hydrogen-bond acceptors (Lipinski definition) is 7. The Hall–Kier alpha value is -4.05. The number of allylic oxidation sites excluding steroid dienone is 18. The van der Waals surface area contributed by atoms with Crippen molar-refractivity contribution >= 4 is 17.9 Å². The minimum Gasteiger partial charge on any atom is -0.477 e. The maximum Gasteiger partial charge on any atom is 0.361 e. The van der Waals surface area contributed by atoms with Crippen molar-refractivity contribution in [1.82, 2.24) is 0 Å². The standard InChI is InChI=1S/C76H131NO8/c1-6-8-10-12-14-16-18-20-22-24-26-28-30-32-34-36-37-39-40-42-44-46-48-50-52-54-56-58-60-62-64-66-73(78)83-70-72(71-84-76(75(80)81)82-69-68-77(3,4)5)85-74(79)67-65-63-61-59-57-55-53-51-49-47-45-43-41-38-35-33-31-29-27-25-23-21-19-17-15-13-11-9-7-2/h9,11,15,17-18,20-21,23-24,26-27,29,33,35,41,43,47,49,72,76H,6-8,10,12-14,16,19,22,25,28,30-32,34,36-40,42,44-46,48,50-71H2,1-5H3/p+1/b11-9-,17-15-,20-18-,23-21-,26-24-,29-27-,35-33-,43-41-,49-47-. The normalized spacial score (nSPS) is 13.4. The van der Waals surface area contributed by atoms with Crippen molar-refractivity contribution in [2.45, 2.75) is 309 Å². The summed E-state index contributed by atoms with van der Waals surface area (Å²) in [5.74, 6) is -2.02. The molecule has 0 aliphatic carbocycles. The van der Waals surface area contributed by atoms with Gasteiger partial charge in [-0.1, -0.05) is 290 Å². The molecule has 0 amide bonds. The molecule has 0 spiro atoms. The summed E-state index contributed by atoms with van der Waals surface area (Å²) < 4.78 is 23.0. The second-order valence-electron chi connectivity index (χ2n) is 24.5. The lowest BCUT2D eigenvalue weighted by molar-refractivity contribution is -0.870. The smallest absolute Gasteiger partial charge is 0.361 e. The average molecular weight is 1190 g/mol. The van der Waals surface area contributed by atoms with E-state index in [0.29, 0.717) is 23.9 Å². The van der Waals surface area contributed by atoms with Gasteiger partial charge in [-0.05, 0) is 103 Å². The zero-order valence-electron chi connectivity index (χ0n) is 55.7. The van der Waals surface area contributed by atoms with Crippen LogP contribution in [-0.4, -0.2) is 87.4 Å². The second-order valence-corrected chi connectivity index (χ2v) is 24.5. The summed E-state index contributed by atoms with van der Waals surface area (Å²) in [4.78, 5) is 37.6. The first kappa shape index (κ1) is 81.0. The number of aliphatic carboxylic acids is 1. The monoisotopic (exact) mass is 1190 g/mol. The highest BCUT2D eigenvalue weighted by Crippen LogP contribution is 2.17. The number of carboxylic acid groups (broad SMARTS) is 1. The van der Waals surface area contributed by atoms with Crippen LogP contribution in [0.15, 0.2) is 109 Å². The summed E-state index contributed by atoms with van der Waals surface area (Å²) >= 11 is 0. The predicted octanol–water partition coefficient (Wildman–Crippen LogP) is 21.8. The first-order valence-corrected chi connectivity index (χ1v) is 35.1. The molecule has 0 saturated heterocycles. The molecule has 0 radical (unpaired) electrons. The van der Waals surface area contributed by atoms with Crippen molar-refractivity contribution in [1.29, 1.82) is 0 Å². The largest absolute Gasteiger partial charge is 0.477 e. The zero-order chi connectivity index (χ0) is 61.9. The number of unbranched alkanes of at least 4 members (excludes halogenated alkanes) is 31. The molecule has 488 valence electrons. The van der Waals surface area contributed by atoms with Crippen LogP contribution in [0.3, 0.4) is 0 Å². The molecule has 0 fully saturated rings. The van der Waals surface area contributed by atoms with Crippen LogP contribution in [0.1, 0.15) is 296 Å². The number of esters is 2. The molecule has 2 atom stereocenters. The highest BCUT2D eigenvalue weighted by molar-refractivity contribution is 5.71. The highest BCUT2D eigenvalue weighted by Gasteiger charge is 2.25. The van der Waals surface area contributed by atoms with Gasteiger partial charge in [-0.2, -0.15) is 0 Å². The van der Waals surface area contributed by atoms with E-state index in [4.69, 9.17) is 18.9 Å². The second kappa shape index (κ2) is 65.9. The van der Waals surface area contributed by atoms with Crippen LogP contribution < -0.4 is 0 Å². The molecule has 9 heteroatoms. The fourth-order valence-corrected chi connectivity index (χ4v) is 9.67. The van der Waals surface area contributed by atoms with Crippen LogP contribution in [-0.2, 0) is 33.3 Å². The topological polar surface area (TPSA) is 108 Å². The molecule has 85 heavy (non-hydrogen) atoms. The van der Waals surface area contributed by atoms with Crippen molar-refractivity contribution in [2.75, 3.05) is 47.5 Å². The third kappa shape index (κ3) is 67.3. The molecular formula is C76H132NO8+. The summed E-state index contributed by atoms with van der Waals surface area (Å²) in [5.41, 5.74) is 0. The molecule has 0 rings (SSSR count). The van der Waals surface area contributed by atoms with Gasteiger partial charge >= 0.3 is 17.9 Å². The summed E-state index contributed by atoms with van der Waals surface area (Å²) in [5, 5.41) is 9.75. The molecular weight excluding hydrogens is 1050 g/mol. The maximum atomic E-state index is 12.9. The molecule has 1 N–H and O–H groups in total. The van der Waals surface area contributed by atoms with Gasteiger partial charge in [0.1, 0.15) is 13.2 Å². The highest BCUT2D eigenvalue weighted by atomic mass is 16.7. The number of quaternary nitrogens is 1. The van der Waals surface area contributed by atoms with E-state index in [0.717, 1.165) is 96.3 Å². The number of hydrogen-bond donors (Lipinski definition) is 1. The van der Waals surface area contributed by atoms with Gasteiger partial charge in [0.25, 0.3) is 6.29 Å². The lowest BCUT2D eigenvalue weighted by Crippen LogP contribution is -2.40. The first-order valence-electron chi connectivity index (χ1n) is 35.1. The average Bonchev–Trinajstić information content (AvgIpc) is 3.48.